The molecule has 0 bridgehead atoms. The third-order valence-electron chi connectivity index (χ3n) is 2.84. The van der Waals surface area contributed by atoms with E-state index in [0.29, 0.717) is 12.1 Å². The van der Waals surface area contributed by atoms with Gasteiger partial charge in [-0.2, -0.15) is 0 Å². The second kappa shape index (κ2) is 4.86. The second-order valence-electron chi connectivity index (χ2n) is 3.99. The first-order chi connectivity index (χ1) is 8.91. The van der Waals surface area contributed by atoms with Crippen LogP contribution in [0.15, 0.2) is 34.9 Å². The molecule has 1 aliphatic heterocycles. The molecule has 0 saturated carbocycles. The molecule has 19 heavy (non-hydrogen) atoms. The zero-order chi connectivity index (χ0) is 14.2. The Bertz CT molecular complexity index is 667. The number of likely N-dealkylation sites (N-methyl/N-ethyl adjacent to an activating group) is 2. The number of hydrogen-bond donors (Lipinski definition) is 1. The summed E-state index contributed by atoms with van der Waals surface area (Å²) in [6.45, 7) is 2.14. The Morgan fingerprint density at radius 3 is 2.63 bits per heavy atom. The highest BCUT2D eigenvalue weighted by Gasteiger charge is 2.36. The Balaban J connectivity index is 2.71. The Morgan fingerprint density at radius 1 is 1.37 bits per heavy atom. The van der Waals surface area contributed by atoms with Crippen LogP contribution in [-0.2, 0) is 14.8 Å². The van der Waals surface area contributed by atoms with Crippen molar-refractivity contribution < 1.29 is 13.2 Å². The van der Waals surface area contributed by atoms with Gasteiger partial charge in [0.25, 0.3) is 15.9 Å². The number of nitrogens with one attached hydrogen (secondary N) is 1. The lowest BCUT2D eigenvalue weighted by molar-refractivity contribution is -0.118. The molecule has 0 aliphatic carbocycles. The van der Waals surface area contributed by atoms with E-state index in [0.717, 1.165) is 4.31 Å². The van der Waals surface area contributed by atoms with Crippen LogP contribution in [0.25, 0.3) is 5.03 Å². The van der Waals surface area contributed by atoms with Crippen LogP contribution in [0.3, 0.4) is 0 Å². The number of halogens is 1. The maximum absolute atomic E-state index is 12.3. The van der Waals surface area contributed by atoms with E-state index in [1.165, 1.54) is 13.1 Å². The second-order valence-corrected chi connectivity index (χ2v) is 6.31. The van der Waals surface area contributed by atoms with Crippen LogP contribution in [0.4, 0.5) is 0 Å². The van der Waals surface area contributed by atoms with Gasteiger partial charge in [0, 0.05) is 19.2 Å². The van der Waals surface area contributed by atoms with Gasteiger partial charge in [0.15, 0.2) is 0 Å². The molecule has 5 nitrogen and oxygen atoms in total. The van der Waals surface area contributed by atoms with Crippen molar-refractivity contribution in [2.75, 3.05) is 13.6 Å². The number of carbonyl (C=O) groups is 1. The van der Waals surface area contributed by atoms with Crippen LogP contribution < -0.4 is 5.32 Å². The molecule has 0 unspecified atom stereocenters. The van der Waals surface area contributed by atoms with Gasteiger partial charge in [0.1, 0.15) is 5.70 Å². The Morgan fingerprint density at radius 2 is 2.00 bits per heavy atom. The number of benzene rings is 1. The summed E-state index contributed by atoms with van der Waals surface area (Å²) in [4.78, 5) is 12.1. The SMILES string of the molecule is CCNC(=O)C1=C(Cl)c2ccccc2S(=O)(=O)N1C. The maximum atomic E-state index is 12.3. The van der Waals surface area contributed by atoms with Gasteiger partial charge in [-0.1, -0.05) is 29.8 Å². The Hall–Kier alpha value is -1.53. The molecule has 7 heteroatoms. The largest absolute Gasteiger partial charge is 0.351 e. The van der Waals surface area contributed by atoms with Crippen LogP contribution in [0, 0.1) is 0 Å². The Kier molecular flexibility index (Phi) is 3.56. The van der Waals surface area contributed by atoms with Gasteiger partial charge < -0.3 is 5.32 Å². The molecule has 1 amide bonds. The molecule has 102 valence electrons. The molecule has 0 fully saturated rings. The predicted octanol–water partition coefficient (Wildman–Crippen LogP) is 1.36. The third kappa shape index (κ3) is 2.11. The highest BCUT2D eigenvalue weighted by molar-refractivity contribution is 7.89. The normalized spacial score (nSPS) is 17.1. The Labute approximate surface area is 116 Å². The van der Waals surface area contributed by atoms with Crippen molar-refractivity contribution in [2.45, 2.75) is 11.8 Å². The number of amides is 1. The summed E-state index contributed by atoms with van der Waals surface area (Å²) in [5.74, 6) is -0.506. The zero-order valence-electron chi connectivity index (χ0n) is 10.5. The smallest absolute Gasteiger partial charge is 0.270 e. The molecule has 1 heterocycles. The van der Waals surface area contributed by atoms with E-state index in [4.69, 9.17) is 11.6 Å². The van der Waals surface area contributed by atoms with E-state index in [-0.39, 0.29) is 15.6 Å². The number of sulfonamides is 1. The van der Waals surface area contributed by atoms with Crippen LogP contribution in [0.5, 0.6) is 0 Å². The van der Waals surface area contributed by atoms with Crippen LogP contribution in [0.1, 0.15) is 12.5 Å². The summed E-state index contributed by atoms with van der Waals surface area (Å²) in [5, 5.41) is 2.70. The highest BCUT2D eigenvalue weighted by atomic mass is 35.5. The molecule has 0 saturated heterocycles. The van der Waals surface area contributed by atoms with E-state index in [1.54, 1.807) is 25.1 Å². The van der Waals surface area contributed by atoms with Gasteiger partial charge in [-0.05, 0) is 13.0 Å². The molecule has 0 atom stereocenters. The number of carbonyl (C=O) groups excluding carboxylic acids is 1. The summed E-state index contributed by atoms with van der Waals surface area (Å²) in [6, 6.07) is 6.35. The minimum atomic E-state index is -3.74. The van der Waals surface area contributed by atoms with Crippen molar-refractivity contribution in [1.29, 1.82) is 0 Å². The average Bonchev–Trinajstić information content (AvgIpc) is 2.37. The van der Waals surface area contributed by atoms with Crippen molar-refractivity contribution in [2.24, 2.45) is 0 Å². The van der Waals surface area contributed by atoms with Crippen LogP contribution >= 0.6 is 11.6 Å². The summed E-state index contributed by atoms with van der Waals surface area (Å²) < 4.78 is 25.6. The van der Waals surface area contributed by atoms with Crippen molar-refractivity contribution in [1.82, 2.24) is 9.62 Å². The lowest BCUT2D eigenvalue weighted by Crippen LogP contribution is -2.39. The lowest BCUT2D eigenvalue weighted by Gasteiger charge is -2.28. The van der Waals surface area contributed by atoms with Gasteiger partial charge in [0.2, 0.25) is 0 Å². The van der Waals surface area contributed by atoms with E-state index in [2.05, 4.69) is 5.32 Å². The van der Waals surface area contributed by atoms with Crippen molar-refractivity contribution in [3.63, 3.8) is 0 Å². The zero-order valence-corrected chi connectivity index (χ0v) is 12.0. The quantitative estimate of drug-likeness (QED) is 0.897. The van der Waals surface area contributed by atoms with Gasteiger partial charge in [-0.3, -0.25) is 9.10 Å². The number of hydrogen-bond acceptors (Lipinski definition) is 3. The lowest BCUT2D eigenvalue weighted by atomic mass is 10.1. The summed E-state index contributed by atoms with van der Waals surface area (Å²) >= 11 is 6.18. The fourth-order valence-electron chi connectivity index (χ4n) is 1.89. The summed E-state index contributed by atoms with van der Waals surface area (Å²) in [5.41, 5.74) is 0.297. The van der Waals surface area contributed by atoms with E-state index >= 15 is 0 Å². The van der Waals surface area contributed by atoms with Crippen molar-refractivity contribution >= 4 is 32.6 Å². The standard InChI is InChI=1S/C12H13ClN2O3S/c1-3-14-12(16)11-10(13)8-6-4-5-7-9(8)19(17,18)15(11)2/h4-7H,3H2,1-2H3,(H,14,16). The van der Waals surface area contributed by atoms with E-state index in [1.807, 2.05) is 0 Å². The van der Waals surface area contributed by atoms with Gasteiger partial charge in [-0.15, -0.1) is 0 Å². The highest BCUT2D eigenvalue weighted by Crippen LogP contribution is 2.37. The molecule has 1 aromatic carbocycles. The molecule has 0 spiro atoms. The molecule has 0 radical (unpaired) electrons. The first-order valence-corrected chi connectivity index (χ1v) is 7.49. The number of fused-ring (bicyclic) bond motifs is 1. The molecular formula is C12H13ClN2O3S. The molecular weight excluding hydrogens is 288 g/mol. The van der Waals surface area contributed by atoms with Gasteiger partial charge >= 0.3 is 0 Å². The molecule has 2 rings (SSSR count). The van der Waals surface area contributed by atoms with Gasteiger partial charge in [0.05, 0.1) is 9.93 Å². The van der Waals surface area contributed by atoms with Crippen LogP contribution in [0.2, 0.25) is 0 Å². The molecule has 1 aromatic rings. The summed E-state index contributed by atoms with van der Waals surface area (Å²) in [6.07, 6.45) is 0. The van der Waals surface area contributed by atoms with Crippen molar-refractivity contribution in [3.8, 4) is 0 Å². The van der Waals surface area contributed by atoms with Crippen LogP contribution in [-0.4, -0.2) is 32.2 Å². The number of rotatable bonds is 2. The van der Waals surface area contributed by atoms with E-state index in [9.17, 15) is 13.2 Å². The minimum Gasteiger partial charge on any atom is -0.351 e. The maximum Gasteiger partial charge on any atom is 0.270 e. The molecule has 0 aromatic heterocycles. The fourth-order valence-corrected chi connectivity index (χ4v) is 3.79. The molecule has 1 aliphatic rings. The van der Waals surface area contributed by atoms with E-state index < -0.39 is 15.9 Å². The molecule has 1 N–H and O–H groups in total. The summed E-state index contributed by atoms with van der Waals surface area (Å²) in [7, 11) is -2.42. The van der Waals surface area contributed by atoms with Crippen molar-refractivity contribution in [3.05, 3.63) is 35.5 Å². The fraction of sp³-hybridized carbons (Fsp3) is 0.250. The number of nitrogens with zero attached hydrogens (tertiary/aromatic N) is 1. The monoisotopic (exact) mass is 300 g/mol. The predicted molar refractivity (Wildman–Crippen MR) is 72.8 cm³/mol. The van der Waals surface area contributed by atoms with Gasteiger partial charge in [-0.25, -0.2) is 8.42 Å². The third-order valence-corrected chi connectivity index (χ3v) is 5.04. The first-order valence-electron chi connectivity index (χ1n) is 5.67. The average molecular weight is 301 g/mol. The first kappa shape index (κ1) is 13.9. The topological polar surface area (TPSA) is 66.5 Å². The minimum absolute atomic E-state index is 0.0535.